The molecule has 1 saturated heterocycles. The first-order valence-electron chi connectivity index (χ1n) is 9.38. The third kappa shape index (κ3) is 3.30. The second-order valence-corrected chi connectivity index (χ2v) is 8.43. The van der Waals surface area contributed by atoms with Gasteiger partial charge in [-0.25, -0.2) is 0 Å². The molecule has 0 aromatic rings. The van der Waals surface area contributed by atoms with Crippen LogP contribution in [-0.4, -0.2) is 41.4 Å². The van der Waals surface area contributed by atoms with Crippen LogP contribution in [0.5, 0.6) is 0 Å². The number of hydrogen-bond acceptors (Lipinski definition) is 3. The van der Waals surface area contributed by atoms with Gasteiger partial charge in [0.2, 0.25) is 11.8 Å². The quantitative estimate of drug-likeness (QED) is 0.808. The maximum absolute atomic E-state index is 12.7. The number of likely N-dealkylation sites (tertiary alicyclic amines) is 1. The van der Waals surface area contributed by atoms with Gasteiger partial charge in [0.05, 0.1) is 6.04 Å². The first-order valence-corrected chi connectivity index (χ1v) is 9.38. The second kappa shape index (κ2) is 6.83. The third-order valence-corrected chi connectivity index (χ3v) is 6.76. The van der Waals surface area contributed by atoms with Gasteiger partial charge in [-0.1, -0.05) is 13.3 Å². The third-order valence-electron chi connectivity index (χ3n) is 6.76. The topological polar surface area (TPSA) is 75.4 Å². The Labute approximate surface area is 150 Å². The van der Waals surface area contributed by atoms with E-state index in [-0.39, 0.29) is 36.2 Å². The number of nitrogens with one attached hydrogen (secondary N) is 1. The molecule has 2 amide bonds. The molecule has 0 spiro atoms. The average molecular weight is 356 g/mol. The van der Waals surface area contributed by atoms with Crippen LogP contribution in [0.3, 0.4) is 0 Å². The van der Waals surface area contributed by atoms with Crippen LogP contribution < -0.4 is 11.1 Å². The Morgan fingerprint density at radius 1 is 1.21 bits per heavy atom. The molecule has 4 rings (SSSR count). The summed E-state index contributed by atoms with van der Waals surface area (Å²) in [7, 11) is 0. The predicted molar refractivity (Wildman–Crippen MR) is 94.6 cm³/mol. The van der Waals surface area contributed by atoms with E-state index in [1.165, 1.54) is 19.3 Å². The van der Waals surface area contributed by atoms with Crippen molar-refractivity contribution in [3.05, 3.63) is 0 Å². The fourth-order valence-electron chi connectivity index (χ4n) is 5.21. The lowest BCUT2D eigenvalue weighted by molar-refractivity contribution is -0.128. The molecule has 2 bridgehead atoms. The zero-order valence-corrected chi connectivity index (χ0v) is 15.3. The zero-order chi connectivity index (χ0) is 16.1. The summed E-state index contributed by atoms with van der Waals surface area (Å²) in [5.74, 6) is 2.16. The molecule has 24 heavy (non-hydrogen) atoms. The van der Waals surface area contributed by atoms with Crippen molar-refractivity contribution in [2.45, 2.75) is 70.0 Å². The molecule has 4 fully saturated rings. The molecule has 1 aliphatic heterocycles. The fraction of sp³-hybridized carbons (Fsp3) is 0.889. The largest absolute Gasteiger partial charge is 0.351 e. The van der Waals surface area contributed by atoms with Crippen molar-refractivity contribution in [1.82, 2.24) is 10.2 Å². The molecule has 5 atom stereocenters. The lowest BCUT2D eigenvalue weighted by Crippen LogP contribution is -2.50. The van der Waals surface area contributed by atoms with Gasteiger partial charge < -0.3 is 16.0 Å². The van der Waals surface area contributed by atoms with Crippen LogP contribution in [0, 0.1) is 23.7 Å². The van der Waals surface area contributed by atoms with Crippen molar-refractivity contribution in [1.29, 1.82) is 0 Å². The van der Waals surface area contributed by atoms with Gasteiger partial charge in [0.15, 0.2) is 0 Å². The van der Waals surface area contributed by atoms with Crippen LogP contribution in [0.15, 0.2) is 0 Å². The monoisotopic (exact) mass is 355 g/mol. The number of halogens is 1. The molecule has 0 aromatic heterocycles. The molecule has 3 saturated carbocycles. The van der Waals surface area contributed by atoms with E-state index in [1.54, 1.807) is 0 Å². The summed E-state index contributed by atoms with van der Waals surface area (Å²) in [5.41, 5.74) is 6.32. The van der Waals surface area contributed by atoms with Crippen molar-refractivity contribution < 1.29 is 9.59 Å². The molecule has 5 unspecified atom stereocenters. The highest BCUT2D eigenvalue weighted by molar-refractivity contribution is 5.85. The molecule has 0 radical (unpaired) electrons. The highest BCUT2D eigenvalue weighted by Crippen LogP contribution is 2.42. The van der Waals surface area contributed by atoms with E-state index in [1.807, 2.05) is 4.90 Å². The fourth-order valence-corrected chi connectivity index (χ4v) is 5.21. The number of amides is 2. The number of rotatable bonds is 3. The van der Waals surface area contributed by atoms with Crippen molar-refractivity contribution in [2.24, 2.45) is 29.4 Å². The van der Waals surface area contributed by atoms with Gasteiger partial charge in [0.1, 0.15) is 0 Å². The van der Waals surface area contributed by atoms with Crippen molar-refractivity contribution in [3.63, 3.8) is 0 Å². The van der Waals surface area contributed by atoms with Crippen molar-refractivity contribution in [2.75, 3.05) is 6.54 Å². The van der Waals surface area contributed by atoms with Gasteiger partial charge in [-0.05, 0) is 49.9 Å². The molecule has 136 valence electrons. The Morgan fingerprint density at radius 2 is 1.83 bits per heavy atom. The lowest BCUT2D eigenvalue weighted by Gasteiger charge is -2.43. The van der Waals surface area contributed by atoms with Gasteiger partial charge in [-0.15, -0.1) is 12.4 Å². The van der Waals surface area contributed by atoms with Gasteiger partial charge in [-0.3, -0.25) is 9.59 Å². The smallest absolute Gasteiger partial charge is 0.225 e. The molecular formula is C18H30ClN3O2. The van der Waals surface area contributed by atoms with E-state index in [0.717, 1.165) is 19.3 Å². The number of hydrogen-bond donors (Lipinski definition) is 2. The number of fused-ring (bicyclic) bond motifs is 2. The maximum Gasteiger partial charge on any atom is 0.225 e. The van der Waals surface area contributed by atoms with Crippen LogP contribution in [0.4, 0.5) is 0 Å². The minimum Gasteiger partial charge on any atom is -0.351 e. The molecule has 3 aliphatic carbocycles. The number of carbonyl (C=O) groups excluding carboxylic acids is 2. The van der Waals surface area contributed by atoms with Crippen LogP contribution >= 0.6 is 12.4 Å². The number of carbonyl (C=O) groups is 2. The summed E-state index contributed by atoms with van der Waals surface area (Å²) in [6.07, 6.45) is 7.10. The van der Waals surface area contributed by atoms with Crippen LogP contribution in [-0.2, 0) is 9.59 Å². The predicted octanol–water partition coefficient (Wildman–Crippen LogP) is 1.69. The number of nitrogens with zero attached hydrogens (tertiary/aromatic N) is 1. The summed E-state index contributed by atoms with van der Waals surface area (Å²) >= 11 is 0. The zero-order valence-electron chi connectivity index (χ0n) is 14.4. The molecule has 3 N–H and O–H groups in total. The van der Waals surface area contributed by atoms with E-state index < -0.39 is 0 Å². The standard InChI is InChI=1S/C18H29N3O2.ClH/c1-10-5-15(10)21-9-14(8-16(21)22)20-18(23)13-6-11-3-2-4-12(7-13)17(11)19;/h10-15,17H,2-9,19H2,1H3,(H,20,23);1H. The first-order chi connectivity index (χ1) is 11.0. The summed E-state index contributed by atoms with van der Waals surface area (Å²) in [5, 5.41) is 3.17. The van der Waals surface area contributed by atoms with Crippen molar-refractivity contribution in [3.8, 4) is 0 Å². The summed E-state index contributed by atoms with van der Waals surface area (Å²) in [4.78, 5) is 26.8. The Hall–Kier alpha value is -0.810. The molecule has 6 heteroatoms. The highest BCUT2D eigenvalue weighted by atomic mass is 35.5. The van der Waals surface area contributed by atoms with Crippen LogP contribution in [0.1, 0.15) is 51.9 Å². The average Bonchev–Trinajstić information content (AvgIpc) is 3.09. The van der Waals surface area contributed by atoms with E-state index in [0.29, 0.717) is 42.8 Å². The molecule has 4 aliphatic rings. The normalized spacial score (nSPS) is 44.0. The van der Waals surface area contributed by atoms with Crippen molar-refractivity contribution >= 4 is 24.2 Å². The van der Waals surface area contributed by atoms with Crippen LogP contribution in [0.25, 0.3) is 0 Å². The first kappa shape index (κ1) is 18.0. The number of nitrogens with two attached hydrogens (primary N) is 1. The van der Waals surface area contributed by atoms with Gasteiger partial charge >= 0.3 is 0 Å². The SMILES string of the molecule is CC1CC1N1CC(NC(=O)C2CC3CCCC(C2)C3N)CC1=O.Cl. The Balaban J connectivity index is 0.00000169. The van der Waals surface area contributed by atoms with E-state index >= 15 is 0 Å². The minimum absolute atomic E-state index is 0. The minimum atomic E-state index is 0. The Morgan fingerprint density at radius 3 is 2.42 bits per heavy atom. The molecule has 0 aromatic carbocycles. The Bertz CT molecular complexity index is 500. The van der Waals surface area contributed by atoms with Gasteiger partial charge in [0.25, 0.3) is 0 Å². The highest BCUT2D eigenvalue weighted by Gasteiger charge is 2.46. The maximum atomic E-state index is 12.7. The second-order valence-electron chi connectivity index (χ2n) is 8.43. The molecule has 5 nitrogen and oxygen atoms in total. The van der Waals surface area contributed by atoms with Gasteiger partial charge in [-0.2, -0.15) is 0 Å². The molecule has 1 heterocycles. The Kier molecular flexibility index (Phi) is 5.12. The van der Waals surface area contributed by atoms with E-state index in [9.17, 15) is 9.59 Å². The summed E-state index contributed by atoms with van der Waals surface area (Å²) < 4.78 is 0. The summed E-state index contributed by atoms with van der Waals surface area (Å²) in [6, 6.07) is 0.738. The van der Waals surface area contributed by atoms with Crippen LogP contribution in [0.2, 0.25) is 0 Å². The van der Waals surface area contributed by atoms with E-state index in [2.05, 4.69) is 12.2 Å². The van der Waals surface area contributed by atoms with E-state index in [4.69, 9.17) is 5.73 Å². The van der Waals surface area contributed by atoms with Gasteiger partial charge in [0, 0.05) is 31.0 Å². The lowest BCUT2D eigenvalue weighted by atomic mass is 9.65. The summed E-state index contributed by atoms with van der Waals surface area (Å²) in [6.45, 7) is 2.90. The molecular weight excluding hydrogens is 326 g/mol.